The van der Waals surface area contributed by atoms with Crippen LogP contribution in [-0.2, 0) is 16.0 Å². The van der Waals surface area contributed by atoms with E-state index in [1.54, 1.807) is 18.2 Å². The van der Waals surface area contributed by atoms with E-state index in [4.69, 9.17) is 11.6 Å². The molecule has 1 heterocycles. The third-order valence-corrected chi connectivity index (χ3v) is 5.69. The Kier molecular flexibility index (Phi) is 10.3. The van der Waals surface area contributed by atoms with Crippen LogP contribution in [0.15, 0.2) is 48.7 Å². The van der Waals surface area contributed by atoms with Gasteiger partial charge in [0.1, 0.15) is 11.6 Å². The quantitative estimate of drug-likeness (QED) is 0.207. The van der Waals surface area contributed by atoms with E-state index in [1.807, 2.05) is 6.20 Å². The van der Waals surface area contributed by atoms with Crippen molar-refractivity contribution in [3.63, 3.8) is 0 Å². The number of fused-ring (bicyclic) bond motifs is 1. The summed E-state index contributed by atoms with van der Waals surface area (Å²) < 4.78 is 26.6. The maximum atomic E-state index is 13.4. The molecule has 9 heteroatoms. The predicted octanol–water partition coefficient (Wildman–Crippen LogP) is 4.35. The molecule has 1 aromatic heterocycles. The lowest BCUT2D eigenvalue weighted by atomic mass is 10.1. The van der Waals surface area contributed by atoms with Gasteiger partial charge in [-0.2, -0.15) is 0 Å². The molecule has 4 N–H and O–H groups in total. The van der Waals surface area contributed by atoms with Gasteiger partial charge < -0.3 is 20.9 Å². The van der Waals surface area contributed by atoms with E-state index in [0.717, 1.165) is 29.4 Å². The topological polar surface area (TPSA) is 86.0 Å². The second-order valence-electron chi connectivity index (χ2n) is 8.11. The highest BCUT2D eigenvalue weighted by atomic mass is 35.5. The summed E-state index contributed by atoms with van der Waals surface area (Å²) in [7, 11) is 0. The first-order valence-electron chi connectivity index (χ1n) is 11.6. The van der Waals surface area contributed by atoms with Gasteiger partial charge in [0.15, 0.2) is 0 Å². The fourth-order valence-corrected chi connectivity index (χ4v) is 3.74. The Labute approximate surface area is 208 Å². The van der Waals surface area contributed by atoms with Gasteiger partial charge in [-0.3, -0.25) is 9.59 Å². The standard InChI is InChI=1S/C26H29ClF2N4O2/c27-22-15-18(4-7-23(22)29)5-9-26(35)31-13-2-12-30-11-1-3-25(34)32-14-10-19-17-33-24-8-6-20(28)16-21(19)24/h4-9,15-17,30,33H,1-3,10-14H2,(H,31,35)(H,32,34)/b9-5+. The van der Waals surface area contributed by atoms with Gasteiger partial charge in [0.2, 0.25) is 11.8 Å². The Balaban J connectivity index is 1.19. The molecule has 0 spiro atoms. The molecular weight excluding hydrogens is 474 g/mol. The molecule has 0 aliphatic carbocycles. The van der Waals surface area contributed by atoms with Crippen molar-refractivity contribution in [2.75, 3.05) is 26.2 Å². The van der Waals surface area contributed by atoms with E-state index in [-0.39, 0.29) is 22.7 Å². The summed E-state index contributed by atoms with van der Waals surface area (Å²) in [6.45, 7) is 2.43. The fourth-order valence-electron chi connectivity index (χ4n) is 3.55. The largest absolute Gasteiger partial charge is 0.361 e. The Morgan fingerprint density at radius 1 is 0.971 bits per heavy atom. The highest BCUT2D eigenvalue weighted by molar-refractivity contribution is 6.30. The minimum atomic E-state index is -0.498. The second-order valence-corrected chi connectivity index (χ2v) is 8.52. The van der Waals surface area contributed by atoms with Gasteiger partial charge in [0.25, 0.3) is 0 Å². The summed E-state index contributed by atoms with van der Waals surface area (Å²) in [5.41, 5.74) is 2.50. The lowest BCUT2D eigenvalue weighted by molar-refractivity contribution is -0.121. The highest BCUT2D eigenvalue weighted by Gasteiger charge is 2.06. The summed E-state index contributed by atoms with van der Waals surface area (Å²) in [4.78, 5) is 27.0. The molecule has 0 saturated carbocycles. The van der Waals surface area contributed by atoms with Gasteiger partial charge in [-0.15, -0.1) is 0 Å². The molecule has 3 aromatic rings. The molecular formula is C26H29ClF2N4O2. The summed E-state index contributed by atoms with van der Waals surface area (Å²) in [6.07, 6.45) is 7.31. The van der Waals surface area contributed by atoms with E-state index >= 15 is 0 Å². The van der Waals surface area contributed by atoms with Crippen molar-refractivity contribution >= 4 is 40.4 Å². The van der Waals surface area contributed by atoms with Crippen molar-refractivity contribution in [3.8, 4) is 0 Å². The molecule has 35 heavy (non-hydrogen) atoms. The SMILES string of the molecule is O=C(/C=C/c1ccc(F)c(Cl)c1)NCCCNCCCC(=O)NCCc1c[nH]c2ccc(F)cc12. The van der Waals surface area contributed by atoms with E-state index < -0.39 is 5.82 Å². The summed E-state index contributed by atoms with van der Waals surface area (Å²) in [5, 5.41) is 9.78. The van der Waals surface area contributed by atoms with Crippen LogP contribution in [0.1, 0.15) is 30.4 Å². The summed E-state index contributed by atoms with van der Waals surface area (Å²) in [5.74, 6) is -1.03. The van der Waals surface area contributed by atoms with Crippen LogP contribution in [-0.4, -0.2) is 43.0 Å². The Morgan fingerprint density at radius 3 is 2.63 bits per heavy atom. The van der Waals surface area contributed by atoms with Gasteiger partial charge in [0.05, 0.1) is 5.02 Å². The van der Waals surface area contributed by atoms with Crippen molar-refractivity contribution in [1.82, 2.24) is 20.9 Å². The van der Waals surface area contributed by atoms with E-state index in [9.17, 15) is 18.4 Å². The monoisotopic (exact) mass is 502 g/mol. The van der Waals surface area contributed by atoms with Crippen LogP contribution < -0.4 is 16.0 Å². The number of aromatic amines is 1. The number of nitrogens with one attached hydrogen (secondary N) is 4. The van der Waals surface area contributed by atoms with Crippen LogP contribution in [0.2, 0.25) is 5.02 Å². The van der Waals surface area contributed by atoms with Gasteiger partial charge >= 0.3 is 0 Å². The average molecular weight is 503 g/mol. The minimum Gasteiger partial charge on any atom is -0.361 e. The maximum Gasteiger partial charge on any atom is 0.243 e. The number of rotatable bonds is 13. The number of carbonyl (C=O) groups is 2. The summed E-state index contributed by atoms with van der Waals surface area (Å²) >= 11 is 5.71. The van der Waals surface area contributed by atoms with E-state index in [0.29, 0.717) is 44.5 Å². The zero-order valence-electron chi connectivity index (χ0n) is 19.3. The Bertz CT molecular complexity index is 1180. The molecule has 0 bridgehead atoms. The van der Waals surface area contributed by atoms with Crippen molar-refractivity contribution in [3.05, 3.63) is 76.5 Å². The number of benzene rings is 2. The third kappa shape index (κ3) is 8.81. The predicted molar refractivity (Wildman–Crippen MR) is 135 cm³/mol. The average Bonchev–Trinajstić information content (AvgIpc) is 3.23. The summed E-state index contributed by atoms with van der Waals surface area (Å²) in [6, 6.07) is 8.88. The van der Waals surface area contributed by atoms with Gasteiger partial charge in [0, 0.05) is 42.7 Å². The van der Waals surface area contributed by atoms with Crippen LogP contribution in [0.25, 0.3) is 17.0 Å². The maximum absolute atomic E-state index is 13.4. The van der Waals surface area contributed by atoms with Crippen LogP contribution in [0.3, 0.4) is 0 Å². The van der Waals surface area contributed by atoms with Crippen molar-refractivity contribution in [1.29, 1.82) is 0 Å². The number of hydrogen-bond acceptors (Lipinski definition) is 3. The highest BCUT2D eigenvalue weighted by Crippen LogP contribution is 2.19. The molecule has 0 saturated heterocycles. The molecule has 0 atom stereocenters. The molecule has 0 fully saturated rings. The van der Waals surface area contributed by atoms with Crippen LogP contribution >= 0.6 is 11.6 Å². The number of halogens is 3. The van der Waals surface area contributed by atoms with Gasteiger partial charge in [-0.1, -0.05) is 17.7 Å². The molecule has 186 valence electrons. The smallest absolute Gasteiger partial charge is 0.243 e. The number of amides is 2. The molecule has 0 radical (unpaired) electrons. The van der Waals surface area contributed by atoms with Crippen LogP contribution in [0.4, 0.5) is 8.78 Å². The Hall–Kier alpha value is -3.23. The molecule has 2 amide bonds. The van der Waals surface area contributed by atoms with E-state index in [2.05, 4.69) is 20.9 Å². The lowest BCUT2D eigenvalue weighted by Gasteiger charge is -2.07. The zero-order chi connectivity index (χ0) is 25.0. The number of aromatic nitrogens is 1. The van der Waals surface area contributed by atoms with Crippen LogP contribution in [0, 0.1) is 11.6 Å². The van der Waals surface area contributed by atoms with Crippen molar-refractivity contribution in [2.45, 2.75) is 25.7 Å². The normalized spacial score (nSPS) is 11.3. The van der Waals surface area contributed by atoms with Crippen molar-refractivity contribution < 1.29 is 18.4 Å². The van der Waals surface area contributed by atoms with E-state index in [1.165, 1.54) is 30.3 Å². The zero-order valence-corrected chi connectivity index (χ0v) is 20.1. The Morgan fingerprint density at radius 2 is 1.80 bits per heavy atom. The first-order chi connectivity index (χ1) is 16.9. The minimum absolute atomic E-state index is 0.0133. The van der Waals surface area contributed by atoms with Gasteiger partial charge in [-0.25, -0.2) is 8.78 Å². The molecule has 3 rings (SSSR count). The first-order valence-corrected chi connectivity index (χ1v) is 11.9. The first kappa shape index (κ1) is 26.4. The molecule has 2 aromatic carbocycles. The number of H-pyrrole nitrogens is 1. The second kappa shape index (κ2) is 13.6. The lowest BCUT2D eigenvalue weighted by Crippen LogP contribution is -2.28. The van der Waals surface area contributed by atoms with Crippen LogP contribution in [0.5, 0.6) is 0 Å². The van der Waals surface area contributed by atoms with Crippen molar-refractivity contribution in [2.24, 2.45) is 0 Å². The number of carbonyl (C=O) groups excluding carboxylic acids is 2. The molecule has 0 unspecified atom stereocenters. The van der Waals surface area contributed by atoms with Gasteiger partial charge in [-0.05, 0) is 79.9 Å². The molecule has 6 nitrogen and oxygen atoms in total. The molecule has 0 aliphatic heterocycles. The fraction of sp³-hybridized carbons (Fsp3) is 0.308. The molecule has 0 aliphatic rings. The third-order valence-electron chi connectivity index (χ3n) is 5.40. The number of hydrogen-bond donors (Lipinski definition) is 4.